The summed E-state index contributed by atoms with van der Waals surface area (Å²) in [5.41, 5.74) is 0. The van der Waals surface area contributed by atoms with Crippen LogP contribution >= 0.6 is 0 Å². The average Bonchev–Trinajstić information content (AvgIpc) is 2.55. The first-order valence-corrected chi connectivity index (χ1v) is 12.3. The van der Waals surface area contributed by atoms with Crippen LogP contribution in [0.5, 0.6) is 0 Å². The van der Waals surface area contributed by atoms with Gasteiger partial charge in [-0.25, -0.2) is 0 Å². The van der Waals surface area contributed by atoms with Gasteiger partial charge in [0.2, 0.25) is 0 Å². The molecule has 0 atom stereocenters. The van der Waals surface area contributed by atoms with Crippen LogP contribution in [0.1, 0.15) is 77.0 Å². The predicted octanol–water partition coefficient (Wildman–Crippen LogP) is 3.76. The number of carbonyl (C=O) groups is 1. The Hall–Kier alpha value is -0.0700. The number of Topliss-reactive ketones (excluding diaryl/α,β-unsaturated/α-hetero) is 1. The van der Waals surface area contributed by atoms with Gasteiger partial charge in [-0.2, -0.15) is 8.42 Å². The molecule has 0 aromatic rings. The molecule has 0 aromatic carbocycles. The summed E-state index contributed by atoms with van der Waals surface area (Å²) in [6.45, 7) is 0. The number of hydrogen-bond donors (Lipinski definition) is 0. The molecule has 0 N–H and O–H groups in total. The molecule has 1 saturated heterocycles. The molecule has 0 spiro atoms. The van der Waals surface area contributed by atoms with Crippen molar-refractivity contribution in [1.82, 2.24) is 0 Å². The van der Waals surface area contributed by atoms with Crippen LogP contribution in [-0.2, 0) is 29.7 Å². The number of unbranched alkanes of at least 4 members (excludes halogenated alkanes) is 2. The molecule has 6 heteroatoms. The molecule has 0 amide bonds. The van der Waals surface area contributed by atoms with Crippen molar-refractivity contribution in [2.45, 2.75) is 77.0 Å². The van der Waals surface area contributed by atoms with Gasteiger partial charge in [0.05, 0.1) is 5.75 Å². The highest BCUT2D eigenvalue weighted by Gasteiger charge is 2.31. The van der Waals surface area contributed by atoms with Crippen LogP contribution in [0.25, 0.3) is 0 Å². The lowest BCUT2D eigenvalue weighted by Gasteiger charge is -2.20. The second-order valence-electron chi connectivity index (χ2n) is 6.85. The number of carbonyl (C=O) groups excluding carboxylic acids is 1. The van der Waals surface area contributed by atoms with E-state index in [-0.39, 0.29) is 22.8 Å². The van der Waals surface area contributed by atoms with Gasteiger partial charge in [0.15, 0.2) is 11.2 Å². The zero-order chi connectivity index (χ0) is 16.5. The summed E-state index contributed by atoms with van der Waals surface area (Å²) in [5, 5.41) is 0. The van der Waals surface area contributed by atoms with Crippen LogP contribution in [0.15, 0.2) is 0 Å². The Morgan fingerprint density at radius 1 is 0.913 bits per heavy atom. The smallest absolute Gasteiger partial charge is 0.299 e. The van der Waals surface area contributed by atoms with Gasteiger partial charge >= 0.3 is 10.1 Å². The first kappa shape index (κ1) is 19.3. The first-order chi connectivity index (χ1) is 11.1. The van der Waals surface area contributed by atoms with Crippen molar-refractivity contribution < 1.29 is 16.8 Å². The maximum Gasteiger partial charge on any atom is 0.311 e. The van der Waals surface area contributed by atoms with E-state index in [9.17, 15) is 13.2 Å². The third-order valence-electron chi connectivity index (χ3n) is 4.82. The van der Waals surface area contributed by atoms with E-state index >= 15 is 0 Å². The van der Waals surface area contributed by atoms with Gasteiger partial charge in [0, 0.05) is 12.3 Å². The number of rotatable bonds is 9. The SMILES string of the molecule is O=C(CCCCCS(=O)(=O)O[S+]1CCCCC1)C1CCCCC1. The van der Waals surface area contributed by atoms with Gasteiger partial charge in [0.25, 0.3) is 0 Å². The molecule has 1 aliphatic carbocycles. The van der Waals surface area contributed by atoms with Crippen molar-refractivity contribution in [3.63, 3.8) is 0 Å². The fourth-order valence-electron chi connectivity index (χ4n) is 3.44. The summed E-state index contributed by atoms with van der Waals surface area (Å²) in [7, 11) is -3.37. The monoisotopic (exact) mass is 363 g/mol. The zero-order valence-corrected chi connectivity index (χ0v) is 15.8. The topological polar surface area (TPSA) is 60.4 Å². The van der Waals surface area contributed by atoms with Gasteiger partial charge in [-0.1, -0.05) is 25.7 Å². The third kappa shape index (κ3) is 7.57. The van der Waals surface area contributed by atoms with E-state index < -0.39 is 10.1 Å². The third-order valence-corrected chi connectivity index (χ3v) is 8.70. The maximum absolute atomic E-state index is 12.1. The molecule has 2 aliphatic rings. The molecule has 23 heavy (non-hydrogen) atoms. The summed E-state index contributed by atoms with van der Waals surface area (Å²) in [4.78, 5) is 12.1. The van der Waals surface area contributed by atoms with Crippen LogP contribution in [-0.4, -0.2) is 31.5 Å². The molecular weight excluding hydrogens is 332 g/mol. The van der Waals surface area contributed by atoms with E-state index in [2.05, 4.69) is 0 Å². The summed E-state index contributed by atoms with van der Waals surface area (Å²) in [6.07, 6.45) is 12.0. The lowest BCUT2D eigenvalue weighted by Crippen LogP contribution is -2.25. The minimum atomic E-state index is -3.37. The average molecular weight is 364 g/mol. The van der Waals surface area contributed by atoms with Gasteiger partial charge in [-0.15, -0.1) is 0 Å². The molecular formula is C17H31O4S2+. The highest BCUT2D eigenvalue weighted by Crippen LogP contribution is 2.26. The fraction of sp³-hybridized carbons (Fsp3) is 0.941. The van der Waals surface area contributed by atoms with Crippen LogP contribution in [0, 0.1) is 5.92 Å². The van der Waals surface area contributed by atoms with E-state index in [0.717, 1.165) is 50.0 Å². The van der Waals surface area contributed by atoms with Crippen LogP contribution in [0.4, 0.5) is 0 Å². The lowest BCUT2D eigenvalue weighted by atomic mass is 9.84. The standard InChI is InChI=1S/C17H31O4S2/c18-17(16-10-4-1-5-11-16)12-6-2-9-15-23(19,20)21-22-13-7-3-8-14-22/h16H,1-15H2/q+1. The molecule has 134 valence electrons. The highest BCUT2D eigenvalue weighted by molar-refractivity contribution is 8.02. The van der Waals surface area contributed by atoms with Crippen molar-refractivity contribution in [1.29, 1.82) is 0 Å². The minimum absolute atomic E-state index is 0.105. The van der Waals surface area contributed by atoms with E-state index in [1.165, 1.54) is 25.7 Å². The summed E-state index contributed by atoms with van der Waals surface area (Å²) in [6, 6.07) is 0. The minimum Gasteiger partial charge on any atom is -0.299 e. The summed E-state index contributed by atoms with van der Waals surface area (Å²) in [5.74, 6) is 2.58. The molecule has 2 rings (SSSR count). The Balaban J connectivity index is 1.56. The second-order valence-corrected chi connectivity index (χ2v) is 10.6. The van der Waals surface area contributed by atoms with E-state index in [0.29, 0.717) is 18.6 Å². The Morgan fingerprint density at radius 2 is 1.57 bits per heavy atom. The zero-order valence-electron chi connectivity index (χ0n) is 14.1. The molecule has 1 saturated carbocycles. The molecule has 0 bridgehead atoms. The van der Waals surface area contributed by atoms with Crippen molar-refractivity contribution in [2.24, 2.45) is 5.92 Å². The molecule has 0 radical (unpaired) electrons. The van der Waals surface area contributed by atoms with E-state index in [1.807, 2.05) is 0 Å². The molecule has 1 heterocycles. The van der Waals surface area contributed by atoms with E-state index in [4.69, 9.17) is 3.63 Å². The van der Waals surface area contributed by atoms with E-state index in [1.54, 1.807) is 0 Å². The van der Waals surface area contributed by atoms with Gasteiger partial charge in [-0.3, -0.25) is 4.79 Å². The van der Waals surface area contributed by atoms with Crippen molar-refractivity contribution in [3.05, 3.63) is 0 Å². The summed E-state index contributed by atoms with van der Waals surface area (Å²) >= 11 is -0.374. The van der Waals surface area contributed by atoms with Crippen LogP contribution in [0.3, 0.4) is 0 Å². The van der Waals surface area contributed by atoms with Crippen LogP contribution in [0.2, 0.25) is 0 Å². The Kier molecular flexibility index (Phi) is 8.41. The van der Waals surface area contributed by atoms with Crippen molar-refractivity contribution in [2.75, 3.05) is 17.3 Å². The Labute approximate surface area is 144 Å². The number of ketones is 1. The number of hydrogen-bond acceptors (Lipinski definition) is 4. The fourth-order valence-corrected chi connectivity index (χ4v) is 7.24. The normalized spacial score (nSPS) is 21.4. The van der Waals surface area contributed by atoms with Gasteiger partial charge in [0.1, 0.15) is 17.3 Å². The Morgan fingerprint density at radius 3 is 2.26 bits per heavy atom. The van der Waals surface area contributed by atoms with Crippen LogP contribution < -0.4 is 0 Å². The Bertz CT molecular complexity index is 449. The van der Waals surface area contributed by atoms with Gasteiger partial charge < -0.3 is 0 Å². The second kappa shape index (κ2) is 10.0. The molecule has 0 unspecified atom stereocenters. The quantitative estimate of drug-likeness (QED) is 0.462. The largest absolute Gasteiger partial charge is 0.311 e. The highest BCUT2D eigenvalue weighted by atomic mass is 32.3. The van der Waals surface area contributed by atoms with Crippen molar-refractivity contribution in [3.8, 4) is 0 Å². The molecule has 1 aliphatic heterocycles. The lowest BCUT2D eigenvalue weighted by molar-refractivity contribution is -0.123. The van der Waals surface area contributed by atoms with Gasteiger partial charge in [-0.05, 0) is 48.6 Å². The molecule has 2 fully saturated rings. The summed E-state index contributed by atoms with van der Waals surface area (Å²) < 4.78 is 29.3. The molecule has 4 nitrogen and oxygen atoms in total. The maximum atomic E-state index is 12.1. The molecule has 0 aromatic heterocycles. The van der Waals surface area contributed by atoms with Crippen molar-refractivity contribution >= 4 is 27.1 Å². The first-order valence-electron chi connectivity index (χ1n) is 9.20. The predicted molar refractivity (Wildman–Crippen MR) is 95.9 cm³/mol.